The lowest BCUT2D eigenvalue weighted by Crippen LogP contribution is -2.24. The van der Waals surface area contributed by atoms with E-state index in [2.05, 4.69) is 5.10 Å². The average Bonchev–Trinajstić information content (AvgIpc) is 3.09. The van der Waals surface area contributed by atoms with Crippen molar-refractivity contribution in [1.29, 1.82) is 0 Å². The second-order valence-electron chi connectivity index (χ2n) is 5.43. The van der Waals surface area contributed by atoms with E-state index in [1.54, 1.807) is 23.6 Å². The molecule has 0 N–H and O–H groups in total. The van der Waals surface area contributed by atoms with Crippen molar-refractivity contribution in [1.82, 2.24) is 14.3 Å². The molecule has 0 aliphatic carbocycles. The molecule has 0 saturated heterocycles. The van der Waals surface area contributed by atoms with Crippen molar-refractivity contribution in [2.45, 2.75) is 26.8 Å². The first-order valence-corrected chi connectivity index (χ1v) is 8.36. The maximum atomic E-state index is 13.7. The molecule has 0 aromatic carbocycles. The molecule has 0 atom stereocenters. The number of allylic oxidation sites excluding steroid dienone is 4. The number of hydrogen-bond donors (Lipinski definition) is 0. The fourth-order valence-corrected chi connectivity index (χ4v) is 3.60. The van der Waals surface area contributed by atoms with Gasteiger partial charge in [-0.3, -0.25) is 4.79 Å². The lowest BCUT2D eigenvalue weighted by Gasteiger charge is -2.07. The molecule has 0 unspecified atom stereocenters. The minimum Gasteiger partial charge on any atom is -0.338 e. The molecule has 3 aromatic heterocycles. The van der Waals surface area contributed by atoms with Gasteiger partial charge >= 0.3 is 0 Å². The fourth-order valence-electron chi connectivity index (χ4n) is 2.67. The summed E-state index contributed by atoms with van der Waals surface area (Å²) in [6, 6.07) is 1.99. The predicted molar refractivity (Wildman–Crippen MR) is 93.6 cm³/mol. The molecular formula is C17H18FN3OS. The zero-order valence-corrected chi connectivity index (χ0v) is 14.2. The van der Waals surface area contributed by atoms with E-state index in [0.29, 0.717) is 11.1 Å². The van der Waals surface area contributed by atoms with Crippen LogP contribution in [0.4, 0.5) is 4.39 Å². The van der Waals surface area contributed by atoms with E-state index in [9.17, 15) is 9.18 Å². The van der Waals surface area contributed by atoms with E-state index in [-0.39, 0.29) is 17.9 Å². The van der Waals surface area contributed by atoms with Crippen LogP contribution >= 0.6 is 11.3 Å². The molecule has 0 fully saturated rings. The average molecular weight is 331 g/mol. The Bertz CT molecular complexity index is 987. The van der Waals surface area contributed by atoms with Crippen molar-refractivity contribution >= 4 is 32.5 Å². The van der Waals surface area contributed by atoms with Crippen molar-refractivity contribution in [3.05, 3.63) is 51.5 Å². The van der Waals surface area contributed by atoms with Crippen LogP contribution in [0.1, 0.15) is 20.3 Å². The molecule has 0 aliphatic rings. The third kappa shape index (κ3) is 2.63. The van der Waals surface area contributed by atoms with Gasteiger partial charge in [0.1, 0.15) is 11.3 Å². The highest BCUT2D eigenvalue weighted by Gasteiger charge is 2.15. The minimum atomic E-state index is -0.295. The van der Waals surface area contributed by atoms with E-state index in [1.807, 2.05) is 36.1 Å². The summed E-state index contributed by atoms with van der Waals surface area (Å²) in [5.74, 6) is -0.295. The van der Waals surface area contributed by atoms with Crippen LogP contribution in [0.2, 0.25) is 0 Å². The minimum absolute atomic E-state index is 0.131. The zero-order valence-electron chi connectivity index (χ0n) is 13.3. The molecule has 0 spiro atoms. The number of aryl methyl sites for hydroxylation is 1. The van der Waals surface area contributed by atoms with Crippen molar-refractivity contribution < 1.29 is 4.39 Å². The van der Waals surface area contributed by atoms with E-state index < -0.39 is 0 Å². The molecule has 0 saturated carbocycles. The second kappa shape index (κ2) is 6.12. The first-order valence-electron chi connectivity index (χ1n) is 7.48. The van der Waals surface area contributed by atoms with Crippen LogP contribution in [0.3, 0.4) is 0 Å². The topological polar surface area (TPSA) is 39.8 Å². The Balaban J connectivity index is 2.14. The van der Waals surface area contributed by atoms with Crippen molar-refractivity contribution in [3.8, 4) is 0 Å². The summed E-state index contributed by atoms with van der Waals surface area (Å²) in [6.07, 6.45) is 6.11. The fraction of sp³-hybridized carbons (Fsp3) is 0.294. The highest BCUT2D eigenvalue weighted by molar-refractivity contribution is 7.18. The highest BCUT2D eigenvalue weighted by atomic mass is 32.1. The van der Waals surface area contributed by atoms with Crippen molar-refractivity contribution in [2.24, 2.45) is 7.05 Å². The number of rotatable bonds is 4. The molecule has 23 heavy (non-hydrogen) atoms. The maximum absolute atomic E-state index is 13.7. The summed E-state index contributed by atoms with van der Waals surface area (Å²) < 4.78 is 18.0. The summed E-state index contributed by atoms with van der Waals surface area (Å²) in [5, 5.41) is 7.09. The number of hydrogen-bond acceptors (Lipinski definition) is 3. The van der Waals surface area contributed by atoms with Gasteiger partial charge in [-0.2, -0.15) is 5.10 Å². The molecule has 0 amide bonds. The van der Waals surface area contributed by atoms with Crippen LogP contribution in [0.15, 0.2) is 46.0 Å². The standard InChI is InChI=1S/C17H18FN3OS/c1-4-5-6-12(11(2)18)10-21-17(22)15-13(9-19-21)16-14(20(15)3)7-8-23-16/h5-9H,4,10H2,1-3H3/b6-5-,12-11-. The Morgan fingerprint density at radius 2 is 2.26 bits per heavy atom. The Morgan fingerprint density at radius 3 is 2.96 bits per heavy atom. The molecule has 0 bridgehead atoms. The van der Waals surface area contributed by atoms with E-state index in [0.717, 1.165) is 22.0 Å². The Kier molecular flexibility index (Phi) is 4.17. The summed E-state index contributed by atoms with van der Waals surface area (Å²) >= 11 is 1.59. The van der Waals surface area contributed by atoms with Gasteiger partial charge in [-0.1, -0.05) is 19.1 Å². The van der Waals surface area contributed by atoms with Crippen LogP contribution in [0.5, 0.6) is 0 Å². The molecule has 3 rings (SSSR count). The Hall–Kier alpha value is -2.21. The molecule has 6 heteroatoms. The first-order chi connectivity index (χ1) is 11.0. The van der Waals surface area contributed by atoms with Gasteiger partial charge in [-0.15, -0.1) is 11.3 Å². The molecule has 0 aliphatic heterocycles. The SMILES string of the molecule is CC/C=C\C(Cn1ncc2c3sccc3n(C)c2c1=O)=C(/C)F. The lowest BCUT2D eigenvalue weighted by atomic mass is 10.2. The number of nitrogens with zero attached hydrogens (tertiary/aromatic N) is 3. The maximum Gasteiger partial charge on any atom is 0.291 e. The van der Waals surface area contributed by atoms with Gasteiger partial charge in [0.05, 0.1) is 23.0 Å². The van der Waals surface area contributed by atoms with Gasteiger partial charge < -0.3 is 4.57 Å². The van der Waals surface area contributed by atoms with Crippen molar-refractivity contribution in [2.75, 3.05) is 0 Å². The van der Waals surface area contributed by atoms with Gasteiger partial charge in [-0.05, 0) is 24.8 Å². The molecule has 0 radical (unpaired) electrons. The summed E-state index contributed by atoms with van der Waals surface area (Å²) in [5.41, 5.74) is 1.90. The largest absolute Gasteiger partial charge is 0.338 e. The number of thiophene rings is 1. The summed E-state index contributed by atoms with van der Waals surface area (Å²) in [4.78, 5) is 12.8. The van der Waals surface area contributed by atoms with E-state index >= 15 is 0 Å². The molecule has 120 valence electrons. The smallest absolute Gasteiger partial charge is 0.291 e. The molecular weight excluding hydrogens is 313 g/mol. The van der Waals surface area contributed by atoms with Crippen LogP contribution in [0, 0.1) is 0 Å². The molecule has 3 heterocycles. The van der Waals surface area contributed by atoms with Crippen LogP contribution in [-0.2, 0) is 13.6 Å². The predicted octanol–water partition coefficient (Wildman–Crippen LogP) is 4.16. The number of fused-ring (bicyclic) bond motifs is 3. The molecule has 4 nitrogen and oxygen atoms in total. The van der Waals surface area contributed by atoms with Crippen LogP contribution < -0.4 is 5.56 Å². The monoisotopic (exact) mass is 331 g/mol. The quantitative estimate of drug-likeness (QED) is 0.674. The highest BCUT2D eigenvalue weighted by Crippen LogP contribution is 2.29. The first kappa shape index (κ1) is 15.7. The number of aromatic nitrogens is 3. The van der Waals surface area contributed by atoms with Gasteiger partial charge in [-0.25, -0.2) is 9.07 Å². The Morgan fingerprint density at radius 1 is 1.48 bits per heavy atom. The summed E-state index contributed by atoms with van der Waals surface area (Å²) in [6.45, 7) is 3.51. The van der Waals surface area contributed by atoms with Gasteiger partial charge in [0, 0.05) is 18.0 Å². The second-order valence-corrected chi connectivity index (χ2v) is 6.35. The van der Waals surface area contributed by atoms with E-state index in [4.69, 9.17) is 0 Å². The Labute approximate surface area is 137 Å². The molecule has 3 aromatic rings. The van der Waals surface area contributed by atoms with Crippen LogP contribution in [-0.4, -0.2) is 14.3 Å². The van der Waals surface area contributed by atoms with Gasteiger partial charge in [0.15, 0.2) is 0 Å². The normalized spacial score (nSPS) is 13.4. The third-order valence-electron chi connectivity index (χ3n) is 3.92. The van der Waals surface area contributed by atoms with Crippen molar-refractivity contribution in [3.63, 3.8) is 0 Å². The number of halogens is 1. The van der Waals surface area contributed by atoms with Gasteiger partial charge in [0.2, 0.25) is 0 Å². The van der Waals surface area contributed by atoms with E-state index in [1.165, 1.54) is 11.6 Å². The zero-order chi connectivity index (χ0) is 16.6. The van der Waals surface area contributed by atoms with Crippen LogP contribution in [0.25, 0.3) is 21.1 Å². The summed E-state index contributed by atoms with van der Waals surface area (Å²) in [7, 11) is 1.87. The lowest BCUT2D eigenvalue weighted by molar-refractivity contribution is 0.587. The third-order valence-corrected chi connectivity index (χ3v) is 4.86. The van der Waals surface area contributed by atoms with Gasteiger partial charge in [0.25, 0.3) is 5.56 Å².